The minimum Gasteiger partial charge on any atom is -0.482 e. The molecule has 2 aromatic rings. The average molecular weight is 339 g/mol. The number of carbonyl (C=O) groups excluding carboxylic acids is 1. The van der Waals surface area contributed by atoms with E-state index in [4.69, 9.17) is 4.74 Å². The topological polar surface area (TPSA) is 54.5 Å². The SMILES string of the molecule is O=C(COc1cccnc1)NC[C@@H](c1ccccc1)N1CCCCC1. The molecule has 3 rings (SSSR count). The smallest absolute Gasteiger partial charge is 0.258 e. The van der Waals surface area contributed by atoms with Crippen molar-refractivity contribution in [1.29, 1.82) is 0 Å². The summed E-state index contributed by atoms with van der Waals surface area (Å²) in [7, 11) is 0. The molecule has 1 aliphatic rings. The molecule has 0 unspecified atom stereocenters. The van der Waals surface area contributed by atoms with Gasteiger partial charge in [0.25, 0.3) is 5.91 Å². The Kier molecular flexibility index (Phi) is 6.40. The summed E-state index contributed by atoms with van der Waals surface area (Å²) < 4.78 is 5.46. The summed E-state index contributed by atoms with van der Waals surface area (Å²) in [5.41, 5.74) is 1.25. The molecule has 1 amide bonds. The molecule has 2 heterocycles. The Morgan fingerprint density at radius 2 is 1.92 bits per heavy atom. The van der Waals surface area contributed by atoms with Crippen LogP contribution in [0.15, 0.2) is 54.9 Å². The zero-order chi connectivity index (χ0) is 17.3. The Hall–Kier alpha value is -2.40. The zero-order valence-corrected chi connectivity index (χ0v) is 14.4. The number of aromatic nitrogens is 1. The number of carbonyl (C=O) groups is 1. The normalized spacial score (nSPS) is 16.2. The van der Waals surface area contributed by atoms with Crippen molar-refractivity contribution in [3.8, 4) is 5.75 Å². The van der Waals surface area contributed by atoms with Crippen LogP contribution in [0.4, 0.5) is 0 Å². The summed E-state index contributed by atoms with van der Waals surface area (Å²) in [6.07, 6.45) is 7.02. The number of hydrogen-bond donors (Lipinski definition) is 1. The van der Waals surface area contributed by atoms with Gasteiger partial charge < -0.3 is 10.1 Å². The van der Waals surface area contributed by atoms with Crippen molar-refractivity contribution < 1.29 is 9.53 Å². The third-order valence-corrected chi connectivity index (χ3v) is 4.51. The quantitative estimate of drug-likeness (QED) is 0.843. The summed E-state index contributed by atoms with van der Waals surface area (Å²) in [6.45, 7) is 2.77. The number of nitrogens with zero attached hydrogens (tertiary/aromatic N) is 2. The molecule has 0 saturated carbocycles. The van der Waals surface area contributed by atoms with Crippen LogP contribution in [0.5, 0.6) is 5.75 Å². The van der Waals surface area contributed by atoms with E-state index in [1.165, 1.54) is 24.8 Å². The van der Waals surface area contributed by atoms with E-state index < -0.39 is 0 Å². The number of pyridine rings is 1. The first-order chi connectivity index (χ1) is 12.3. The molecule has 1 N–H and O–H groups in total. The minimum absolute atomic E-state index is 0.00715. The van der Waals surface area contributed by atoms with Gasteiger partial charge in [-0.15, -0.1) is 0 Å². The fraction of sp³-hybridized carbons (Fsp3) is 0.400. The van der Waals surface area contributed by atoms with Crippen LogP contribution in [0.3, 0.4) is 0 Å². The second kappa shape index (κ2) is 9.18. The second-order valence-electron chi connectivity index (χ2n) is 6.30. The maximum atomic E-state index is 12.2. The molecule has 0 spiro atoms. The molecule has 1 fully saturated rings. The summed E-state index contributed by atoms with van der Waals surface area (Å²) in [6, 6.07) is 14.2. The molecule has 132 valence electrons. The van der Waals surface area contributed by atoms with Gasteiger partial charge in [-0.05, 0) is 43.6 Å². The number of benzene rings is 1. The van der Waals surface area contributed by atoms with Crippen molar-refractivity contribution in [3.05, 3.63) is 60.4 Å². The maximum absolute atomic E-state index is 12.2. The third-order valence-electron chi connectivity index (χ3n) is 4.51. The summed E-state index contributed by atoms with van der Waals surface area (Å²) in [5.74, 6) is 0.495. The highest BCUT2D eigenvalue weighted by Gasteiger charge is 2.22. The molecule has 5 heteroatoms. The van der Waals surface area contributed by atoms with Crippen LogP contribution in [0, 0.1) is 0 Å². The number of likely N-dealkylation sites (tertiary alicyclic amines) is 1. The van der Waals surface area contributed by atoms with Crippen LogP contribution in [-0.2, 0) is 4.79 Å². The molecule has 0 aliphatic carbocycles. The van der Waals surface area contributed by atoms with E-state index >= 15 is 0 Å². The molecule has 0 bridgehead atoms. The van der Waals surface area contributed by atoms with Crippen molar-refractivity contribution in [3.63, 3.8) is 0 Å². The third kappa shape index (κ3) is 5.29. The lowest BCUT2D eigenvalue weighted by molar-refractivity contribution is -0.123. The number of piperidine rings is 1. The van der Waals surface area contributed by atoms with Crippen LogP contribution in [0.1, 0.15) is 30.9 Å². The van der Waals surface area contributed by atoms with E-state index in [0.717, 1.165) is 13.1 Å². The van der Waals surface area contributed by atoms with Crippen molar-refractivity contribution in [1.82, 2.24) is 15.2 Å². The van der Waals surface area contributed by atoms with Gasteiger partial charge in [-0.25, -0.2) is 0 Å². The van der Waals surface area contributed by atoms with E-state index in [9.17, 15) is 4.79 Å². The van der Waals surface area contributed by atoms with Crippen molar-refractivity contribution in [2.45, 2.75) is 25.3 Å². The van der Waals surface area contributed by atoms with Gasteiger partial charge in [0, 0.05) is 12.7 Å². The van der Waals surface area contributed by atoms with Crippen LogP contribution < -0.4 is 10.1 Å². The standard InChI is InChI=1S/C20H25N3O2/c24-20(16-25-18-10-7-11-21-14-18)22-15-19(17-8-3-1-4-9-17)23-12-5-2-6-13-23/h1,3-4,7-11,14,19H,2,5-6,12-13,15-16H2,(H,22,24)/t19-/m0/s1. The lowest BCUT2D eigenvalue weighted by Gasteiger charge is -2.35. The lowest BCUT2D eigenvalue weighted by Crippen LogP contribution is -2.41. The number of ether oxygens (including phenoxy) is 1. The summed E-state index contributed by atoms with van der Waals surface area (Å²) in [5, 5.41) is 3.02. The van der Waals surface area contributed by atoms with E-state index in [0.29, 0.717) is 12.3 Å². The van der Waals surface area contributed by atoms with Gasteiger partial charge in [0.2, 0.25) is 0 Å². The molecule has 1 saturated heterocycles. The predicted molar refractivity (Wildman–Crippen MR) is 97.3 cm³/mol. The first kappa shape index (κ1) is 17.4. The van der Waals surface area contributed by atoms with Gasteiger partial charge in [-0.1, -0.05) is 36.8 Å². The Morgan fingerprint density at radius 3 is 2.64 bits per heavy atom. The molecular formula is C20H25N3O2. The highest BCUT2D eigenvalue weighted by Crippen LogP contribution is 2.23. The lowest BCUT2D eigenvalue weighted by atomic mass is 10.0. The van der Waals surface area contributed by atoms with E-state index in [-0.39, 0.29) is 18.6 Å². The minimum atomic E-state index is -0.109. The molecular weight excluding hydrogens is 314 g/mol. The number of amides is 1. The average Bonchev–Trinajstić information content (AvgIpc) is 2.69. The van der Waals surface area contributed by atoms with Crippen molar-refractivity contribution in [2.75, 3.05) is 26.2 Å². The van der Waals surface area contributed by atoms with Gasteiger partial charge in [0.05, 0.1) is 12.2 Å². The highest BCUT2D eigenvalue weighted by molar-refractivity contribution is 5.77. The molecule has 1 aliphatic heterocycles. The van der Waals surface area contributed by atoms with Gasteiger partial charge in [0.15, 0.2) is 6.61 Å². The fourth-order valence-corrected chi connectivity index (χ4v) is 3.21. The first-order valence-electron chi connectivity index (χ1n) is 8.91. The van der Waals surface area contributed by atoms with E-state index in [1.807, 2.05) is 6.07 Å². The molecule has 0 radical (unpaired) electrons. The molecule has 25 heavy (non-hydrogen) atoms. The highest BCUT2D eigenvalue weighted by atomic mass is 16.5. The number of rotatable bonds is 7. The van der Waals surface area contributed by atoms with Gasteiger partial charge in [0.1, 0.15) is 5.75 Å². The second-order valence-corrected chi connectivity index (χ2v) is 6.30. The van der Waals surface area contributed by atoms with Crippen LogP contribution in [0.2, 0.25) is 0 Å². The number of nitrogens with one attached hydrogen (secondary N) is 1. The Balaban J connectivity index is 1.55. The first-order valence-corrected chi connectivity index (χ1v) is 8.91. The molecule has 1 aromatic heterocycles. The fourth-order valence-electron chi connectivity index (χ4n) is 3.21. The molecule has 1 atom stereocenters. The van der Waals surface area contributed by atoms with Crippen LogP contribution in [0.25, 0.3) is 0 Å². The summed E-state index contributed by atoms with van der Waals surface area (Å²) >= 11 is 0. The van der Waals surface area contributed by atoms with Crippen LogP contribution >= 0.6 is 0 Å². The van der Waals surface area contributed by atoms with Gasteiger partial charge in [-0.2, -0.15) is 0 Å². The van der Waals surface area contributed by atoms with E-state index in [1.54, 1.807) is 24.5 Å². The largest absolute Gasteiger partial charge is 0.482 e. The van der Waals surface area contributed by atoms with E-state index in [2.05, 4.69) is 39.5 Å². The van der Waals surface area contributed by atoms with Crippen LogP contribution in [-0.4, -0.2) is 42.0 Å². The Morgan fingerprint density at radius 1 is 1.12 bits per heavy atom. The Bertz CT molecular complexity index is 643. The van der Waals surface area contributed by atoms with Gasteiger partial charge in [-0.3, -0.25) is 14.7 Å². The summed E-state index contributed by atoms with van der Waals surface area (Å²) in [4.78, 5) is 18.6. The molecule has 5 nitrogen and oxygen atoms in total. The Labute approximate surface area is 149 Å². The van der Waals surface area contributed by atoms with Crippen molar-refractivity contribution in [2.24, 2.45) is 0 Å². The zero-order valence-electron chi connectivity index (χ0n) is 14.4. The number of hydrogen-bond acceptors (Lipinski definition) is 4. The monoisotopic (exact) mass is 339 g/mol. The molecule has 1 aromatic carbocycles. The van der Waals surface area contributed by atoms with Gasteiger partial charge >= 0.3 is 0 Å². The van der Waals surface area contributed by atoms with Crippen molar-refractivity contribution >= 4 is 5.91 Å². The predicted octanol–water partition coefficient (Wildman–Crippen LogP) is 2.80. The maximum Gasteiger partial charge on any atom is 0.258 e.